The molecule has 31 heavy (non-hydrogen) atoms. The van der Waals surface area contributed by atoms with Gasteiger partial charge in [0.25, 0.3) is 0 Å². The number of nitrogens with zero attached hydrogens (tertiary/aromatic N) is 1. The van der Waals surface area contributed by atoms with Gasteiger partial charge in [-0.1, -0.05) is 111 Å². The Hall–Kier alpha value is -0.0957. The second kappa shape index (κ2) is 20.5. The first-order valence-corrected chi connectivity index (χ1v) is 14.6. The molecule has 1 aliphatic carbocycles. The summed E-state index contributed by atoms with van der Waals surface area (Å²) in [7, 11) is -1.35. The second-order valence-electron chi connectivity index (χ2n) is 8.84. The fourth-order valence-electron chi connectivity index (χ4n) is 4.66. The first-order valence-electron chi connectivity index (χ1n) is 12.7. The molecule has 0 aromatic rings. The number of rotatable bonds is 13. The van der Waals surface area contributed by atoms with Crippen LogP contribution in [0, 0.1) is 0 Å². The molecule has 0 aromatic heterocycles. The molecular weight excluding hydrogens is 429 g/mol. The van der Waals surface area contributed by atoms with Gasteiger partial charge in [-0.3, -0.25) is 4.74 Å². The van der Waals surface area contributed by atoms with Crippen molar-refractivity contribution >= 4 is 7.05 Å². The van der Waals surface area contributed by atoms with E-state index < -0.39 is 7.05 Å². The summed E-state index contributed by atoms with van der Waals surface area (Å²) in [6.45, 7) is 18.7. The standard InChI is InChI=1S/C20H38NP.C8H14.Ti/c1-7-12-17(4)22(18(5)13-8-2,19(6)14-9-3)21-20-15-10-11-16-20;1-3-5-7-8-6-4-2;/h10-11,15,17-19H,7-9,12-14,16H2,1-6H3;3,5,7-8H,4,6H2,1-2H3;. The first kappa shape index (κ1) is 33.1. The van der Waals surface area contributed by atoms with Crippen molar-refractivity contribution in [1.82, 2.24) is 0 Å². The molecule has 0 spiro atoms. The van der Waals surface area contributed by atoms with Gasteiger partial charge in [-0.2, -0.15) is 0 Å². The van der Waals surface area contributed by atoms with Crippen molar-refractivity contribution in [2.75, 3.05) is 0 Å². The van der Waals surface area contributed by atoms with E-state index in [-0.39, 0.29) is 21.7 Å². The summed E-state index contributed by atoms with van der Waals surface area (Å²) in [6.07, 6.45) is 26.4. The van der Waals surface area contributed by atoms with Gasteiger partial charge in [-0.05, 0) is 62.7 Å². The predicted octanol–water partition coefficient (Wildman–Crippen LogP) is 10.5. The van der Waals surface area contributed by atoms with Gasteiger partial charge in [0.1, 0.15) is 0 Å². The minimum atomic E-state index is -1.35. The molecule has 0 saturated carbocycles. The Morgan fingerprint density at radius 2 is 1.39 bits per heavy atom. The minimum absolute atomic E-state index is 0. The molecule has 0 radical (unpaired) electrons. The molecule has 178 valence electrons. The van der Waals surface area contributed by atoms with Crippen LogP contribution < -0.4 is 0 Å². The van der Waals surface area contributed by atoms with E-state index in [1.807, 2.05) is 13.0 Å². The summed E-state index contributed by atoms with van der Waals surface area (Å²) in [5.41, 5.74) is 3.65. The monoisotopic (exact) mass is 481 g/mol. The normalized spacial score (nSPS) is 18.0. The van der Waals surface area contributed by atoms with Crippen LogP contribution in [0.4, 0.5) is 0 Å². The summed E-state index contributed by atoms with van der Waals surface area (Å²) in [4.78, 5) is 0. The van der Waals surface area contributed by atoms with Gasteiger partial charge in [0.2, 0.25) is 0 Å². The molecular formula is C28H52NPTi. The Labute approximate surface area is 211 Å². The zero-order valence-corrected chi connectivity index (χ0v) is 24.5. The SMILES string of the molecule is CC=CC=CCCC.CCCC(C)P(=NC1=CC=CC1)(C(C)CCC)C(C)CCC.[Ti]. The van der Waals surface area contributed by atoms with Gasteiger partial charge in [0.05, 0.1) is 0 Å². The first-order chi connectivity index (χ1) is 14.4. The topological polar surface area (TPSA) is 12.4 Å². The predicted molar refractivity (Wildman–Crippen MR) is 143 cm³/mol. The third kappa shape index (κ3) is 12.1. The summed E-state index contributed by atoms with van der Waals surface area (Å²) in [5.74, 6) is 0. The van der Waals surface area contributed by atoms with Crippen molar-refractivity contribution in [3.63, 3.8) is 0 Å². The average Bonchev–Trinajstić information content (AvgIpc) is 3.23. The van der Waals surface area contributed by atoms with E-state index >= 15 is 0 Å². The van der Waals surface area contributed by atoms with Crippen LogP contribution in [0.25, 0.3) is 0 Å². The molecule has 0 saturated heterocycles. The van der Waals surface area contributed by atoms with E-state index in [4.69, 9.17) is 4.74 Å². The molecule has 0 aliphatic heterocycles. The Kier molecular flexibility index (Phi) is 21.9. The van der Waals surface area contributed by atoms with Crippen LogP contribution in [-0.2, 0) is 21.7 Å². The molecule has 3 heteroatoms. The fourth-order valence-corrected chi connectivity index (χ4v) is 10.5. The smallest absolute Gasteiger partial charge is 0.0425 e. The zero-order chi connectivity index (χ0) is 22.8. The van der Waals surface area contributed by atoms with Crippen LogP contribution in [0.5, 0.6) is 0 Å². The molecule has 0 N–H and O–H groups in total. The average molecular weight is 482 g/mol. The Morgan fingerprint density at radius 3 is 1.74 bits per heavy atom. The van der Waals surface area contributed by atoms with Crippen LogP contribution >= 0.6 is 7.05 Å². The van der Waals surface area contributed by atoms with E-state index in [0.29, 0.717) is 0 Å². The van der Waals surface area contributed by atoms with Crippen molar-refractivity contribution in [1.29, 1.82) is 0 Å². The third-order valence-electron chi connectivity index (χ3n) is 6.19. The van der Waals surface area contributed by atoms with Crippen molar-refractivity contribution in [3.05, 3.63) is 48.2 Å². The summed E-state index contributed by atoms with van der Waals surface area (Å²) in [6, 6.07) is 0. The molecule has 0 fully saturated rings. The fraction of sp³-hybridized carbons (Fsp3) is 0.714. The van der Waals surface area contributed by atoms with Crippen LogP contribution in [0.15, 0.2) is 53.0 Å². The number of hydrogen-bond donors (Lipinski definition) is 0. The zero-order valence-electron chi connectivity index (χ0n) is 22.0. The number of allylic oxidation sites excluding steroid dienone is 7. The van der Waals surface area contributed by atoms with Crippen molar-refractivity contribution in [2.45, 2.75) is 130 Å². The summed E-state index contributed by atoms with van der Waals surface area (Å²) >= 11 is 0. The van der Waals surface area contributed by atoms with E-state index in [0.717, 1.165) is 23.4 Å². The maximum atomic E-state index is 5.57. The van der Waals surface area contributed by atoms with Crippen molar-refractivity contribution in [3.8, 4) is 0 Å². The Bertz CT molecular complexity index is 562. The summed E-state index contributed by atoms with van der Waals surface area (Å²) in [5, 5.41) is 0. The minimum Gasteiger partial charge on any atom is -0.271 e. The maximum Gasteiger partial charge on any atom is 0.0425 e. The molecule has 0 bridgehead atoms. The molecule has 1 rings (SSSR count). The van der Waals surface area contributed by atoms with E-state index in [1.54, 1.807) is 0 Å². The van der Waals surface area contributed by atoms with Crippen LogP contribution in [0.2, 0.25) is 0 Å². The quantitative estimate of drug-likeness (QED) is 0.141. The number of unbranched alkanes of at least 4 members (excludes halogenated alkanes) is 1. The molecule has 0 aromatic carbocycles. The van der Waals surface area contributed by atoms with Gasteiger partial charge in [0.15, 0.2) is 0 Å². The van der Waals surface area contributed by atoms with Crippen LogP contribution in [0.1, 0.15) is 113 Å². The van der Waals surface area contributed by atoms with Gasteiger partial charge < -0.3 is 0 Å². The van der Waals surface area contributed by atoms with Gasteiger partial charge in [-0.15, -0.1) is 0 Å². The molecule has 0 heterocycles. The van der Waals surface area contributed by atoms with Gasteiger partial charge in [-0.25, -0.2) is 0 Å². The Morgan fingerprint density at radius 1 is 0.871 bits per heavy atom. The molecule has 0 amide bonds. The van der Waals surface area contributed by atoms with Crippen LogP contribution in [0.3, 0.4) is 0 Å². The summed E-state index contributed by atoms with van der Waals surface area (Å²) < 4.78 is 5.57. The maximum absolute atomic E-state index is 5.57. The van der Waals surface area contributed by atoms with Gasteiger partial charge >= 0.3 is 0 Å². The molecule has 3 atom stereocenters. The number of hydrogen-bond acceptors (Lipinski definition) is 1. The van der Waals surface area contributed by atoms with E-state index in [1.165, 1.54) is 57.1 Å². The van der Waals surface area contributed by atoms with Crippen LogP contribution in [-0.4, -0.2) is 17.0 Å². The van der Waals surface area contributed by atoms with Gasteiger partial charge in [0, 0.05) is 33.8 Å². The second-order valence-corrected chi connectivity index (χ2v) is 13.3. The van der Waals surface area contributed by atoms with E-state index in [9.17, 15) is 0 Å². The van der Waals surface area contributed by atoms with Crippen molar-refractivity contribution in [2.24, 2.45) is 4.74 Å². The largest absolute Gasteiger partial charge is 0.271 e. The van der Waals surface area contributed by atoms with E-state index in [2.05, 4.69) is 84.9 Å². The molecule has 1 nitrogen and oxygen atoms in total. The molecule has 1 aliphatic rings. The van der Waals surface area contributed by atoms with Crippen molar-refractivity contribution < 1.29 is 21.7 Å². The Balaban J connectivity index is 0. The third-order valence-corrected chi connectivity index (χ3v) is 11.8. The molecule has 3 unspecified atom stereocenters.